The van der Waals surface area contributed by atoms with Crippen LogP contribution in [0.5, 0.6) is 0 Å². The maximum absolute atomic E-state index is 12.4. The lowest BCUT2D eigenvalue weighted by Gasteiger charge is -2.40. The fourth-order valence-corrected chi connectivity index (χ4v) is 7.64. The van der Waals surface area contributed by atoms with Crippen molar-refractivity contribution in [1.29, 1.82) is 0 Å². The van der Waals surface area contributed by atoms with Gasteiger partial charge in [0.05, 0.1) is 30.5 Å². The van der Waals surface area contributed by atoms with Crippen LogP contribution >= 0.6 is 6.72 Å². The Morgan fingerprint density at radius 2 is 1.77 bits per heavy atom. The van der Waals surface area contributed by atoms with E-state index in [0.717, 1.165) is 5.56 Å². The van der Waals surface area contributed by atoms with Crippen molar-refractivity contribution >= 4 is 30.6 Å². The van der Waals surface area contributed by atoms with Gasteiger partial charge in [0.15, 0.2) is 6.29 Å². The highest BCUT2D eigenvalue weighted by molar-refractivity contribution is 8.07. The van der Waals surface area contributed by atoms with Gasteiger partial charge >= 0.3 is 12.9 Å². The number of aliphatic hydroxyl groups excluding tert-OH is 3. The maximum atomic E-state index is 12.4. The zero-order chi connectivity index (χ0) is 35.3. The molecule has 0 spiro atoms. The standard InChI is InChI=1S/C32H52NO13PS/c1-21-28(36)29(37)25(18-34)44-30(21)40-16-9-8-14-27(35)33-15-10-13-23-17-24(45-47(39,48)46-32(2,3)4)26(43-23)20-42-31(38)41-19-22-11-6-5-7-12-22/h5-7,11-12,21,23-26,28-30,34,36-37H,8-10,13-20H2,1-4H3,(H,33,35)(H,39,48)/t21-,23+,24?,25-,26-,28-,29+,30-,47?/m1/s1. The van der Waals surface area contributed by atoms with Gasteiger partial charge in [-0.3, -0.25) is 4.79 Å². The number of carbonyl (C=O) groups is 2. The summed E-state index contributed by atoms with van der Waals surface area (Å²) in [4.78, 5) is 35.3. The lowest BCUT2D eigenvalue weighted by molar-refractivity contribution is -0.282. The van der Waals surface area contributed by atoms with E-state index in [9.17, 15) is 29.8 Å². The number of hydrogen-bond acceptors (Lipinski definition) is 13. The van der Waals surface area contributed by atoms with Crippen LogP contribution in [0.25, 0.3) is 0 Å². The molecule has 2 aliphatic heterocycles. The van der Waals surface area contributed by atoms with Gasteiger partial charge in [0.2, 0.25) is 5.91 Å². The molecule has 0 radical (unpaired) electrons. The summed E-state index contributed by atoms with van der Waals surface area (Å²) in [5.74, 6) is -0.576. The molecule has 0 aromatic heterocycles. The van der Waals surface area contributed by atoms with E-state index in [1.54, 1.807) is 27.7 Å². The molecule has 1 aromatic rings. The molecule has 1 aromatic carbocycles. The number of benzene rings is 1. The Hall–Kier alpha value is -1.75. The first-order valence-corrected chi connectivity index (χ1v) is 19.0. The lowest BCUT2D eigenvalue weighted by Crippen LogP contribution is -2.55. The van der Waals surface area contributed by atoms with Crippen molar-refractivity contribution in [2.45, 2.75) is 121 Å². The van der Waals surface area contributed by atoms with Crippen molar-refractivity contribution in [2.24, 2.45) is 5.92 Å². The predicted molar refractivity (Wildman–Crippen MR) is 177 cm³/mol. The van der Waals surface area contributed by atoms with Crippen LogP contribution < -0.4 is 5.32 Å². The molecule has 274 valence electrons. The van der Waals surface area contributed by atoms with Gasteiger partial charge in [-0.05, 0) is 63.8 Å². The highest BCUT2D eigenvalue weighted by Crippen LogP contribution is 2.51. The normalized spacial score (nSPS) is 28.8. The quantitative estimate of drug-likeness (QED) is 0.0844. The van der Waals surface area contributed by atoms with Crippen LogP contribution in [-0.2, 0) is 55.9 Å². The Labute approximate surface area is 287 Å². The Morgan fingerprint density at radius 1 is 1.04 bits per heavy atom. The summed E-state index contributed by atoms with van der Waals surface area (Å²) in [6, 6.07) is 9.19. The number of hydrogen-bond donors (Lipinski definition) is 5. The Bertz CT molecular complexity index is 1170. The van der Waals surface area contributed by atoms with E-state index in [1.165, 1.54) is 0 Å². The molecule has 1 amide bonds. The van der Waals surface area contributed by atoms with Crippen LogP contribution in [0.3, 0.4) is 0 Å². The largest absolute Gasteiger partial charge is 0.508 e. The van der Waals surface area contributed by atoms with E-state index < -0.39 is 67.8 Å². The summed E-state index contributed by atoms with van der Waals surface area (Å²) in [7, 11) is 0. The zero-order valence-corrected chi connectivity index (χ0v) is 29.8. The summed E-state index contributed by atoms with van der Waals surface area (Å²) in [6.45, 7) is 3.51. The third-order valence-corrected chi connectivity index (χ3v) is 9.59. The zero-order valence-electron chi connectivity index (χ0n) is 28.1. The minimum Gasteiger partial charge on any atom is -0.431 e. The average Bonchev–Trinajstić information content (AvgIpc) is 3.40. The molecule has 48 heavy (non-hydrogen) atoms. The van der Waals surface area contributed by atoms with Crippen LogP contribution in [0.4, 0.5) is 4.79 Å². The molecule has 0 aliphatic carbocycles. The molecule has 2 fully saturated rings. The van der Waals surface area contributed by atoms with Crippen molar-refractivity contribution in [2.75, 3.05) is 26.4 Å². The third kappa shape index (κ3) is 14.2. The number of amides is 1. The van der Waals surface area contributed by atoms with Crippen molar-refractivity contribution < 1.29 is 62.5 Å². The van der Waals surface area contributed by atoms with Gasteiger partial charge in [-0.25, -0.2) is 4.79 Å². The van der Waals surface area contributed by atoms with Crippen LogP contribution in [0.2, 0.25) is 0 Å². The van der Waals surface area contributed by atoms with E-state index in [2.05, 4.69) is 5.32 Å². The first-order valence-electron chi connectivity index (χ1n) is 16.4. The Kier molecular flexibility index (Phi) is 16.6. The van der Waals surface area contributed by atoms with E-state index in [0.29, 0.717) is 51.7 Å². The van der Waals surface area contributed by atoms with Crippen molar-refractivity contribution in [3.8, 4) is 0 Å². The fraction of sp³-hybridized carbons (Fsp3) is 0.750. The summed E-state index contributed by atoms with van der Waals surface area (Å²) in [5, 5.41) is 32.3. The van der Waals surface area contributed by atoms with E-state index in [1.807, 2.05) is 30.3 Å². The van der Waals surface area contributed by atoms with Crippen LogP contribution in [0, 0.1) is 5.92 Å². The van der Waals surface area contributed by atoms with Gasteiger partial charge in [-0.2, -0.15) is 0 Å². The highest BCUT2D eigenvalue weighted by atomic mass is 32.5. The van der Waals surface area contributed by atoms with E-state index >= 15 is 0 Å². The van der Waals surface area contributed by atoms with Crippen LogP contribution in [-0.4, -0.2) is 107 Å². The fourth-order valence-electron chi connectivity index (χ4n) is 5.34. The molecule has 14 nitrogen and oxygen atoms in total. The predicted octanol–water partition coefficient (Wildman–Crippen LogP) is 3.07. The molecule has 2 saturated heterocycles. The van der Waals surface area contributed by atoms with Crippen molar-refractivity contribution in [3.05, 3.63) is 35.9 Å². The van der Waals surface area contributed by atoms with Gasteiger partial charge in [0.25, 0.3) is 0 Å². The second-order valence-electron chi connectivity index (χ2n) is 13.1. The van der Waals surface area contributed by atoms with Crippen LogP contribution in [0.1, 0.15) is 71.8 Å². The summed E-state index contributed by atoms with van der Waals surface area (Å²) >= 11 is 5.24. The smallest absolute Gasteiger partial charge is 0.431 e. The monoisotopic (exact) mass is 721 g/mol. The molecule has 0 saturated carbocycles. The van der Waals surface area contributed by atoms with Gasteiger partial charge in [-0.1, -0.05) is 37.3 Å². The van der Waals surface area contributed by atoms with Gasteiger partial charge in [-0.15, -0.1) is 0 Å². The minimum absolute atomic E-state index is 0.0569. The first-order chi connectivity index (χ1) is 22.7. The Balaban J connectivity index is 1.37. The molecule has 9 atom stereocenters. The second kappa shape index (κ2) is 19.6. The van der Waals surface area contributed by atoms with Gasteiger partial charge in [0.1, 0.15) is 31.5 Å². The van der Waals surface area contributed by atoms with Gasteiger partial charge in [0, 0.05) is 31.9 Å². The van der Waals surface area contributed by atoms with E-state index in [-0.39, 0.29) is 25.2 Å². The van der Waals surface area contributed by atoms with Crippen molar-refractivity contribution in [3.63, 3.8) is 0 Å². The second-order valence-corrected chi connectivity index (χ2v) is 15.8. The lowest BCUT2D eigenvalue weighted by atomic mass is 9.92. The summed E-state index contributed by atoms with van der Waals surface area (Å²) in [6.07, 6.45) is -3.44. The molecule has 3 rings (SSSR count). The molecule has 16 heteroatoms. The molecule has 0 bridgehead atoms. The topological polar surface area (TPSA) is 192 Å². The molecular weight excluding hydrogens is 669 g/mol. The molecule has 5 N–H and O–H groups in total. The highest BCUT2D eigenvalue weighted by Gasteiger charge is 2.43. The minimum atomic E-state index is -3.63. The average molecular weight is 722 g/mol. The number of aliphatic hydroxyl groups is 3. The first kappa shape index (κ1) is 40.7. The van der Waals surface area contributed by atoms with Gasteiger partial charge < -0.3 is 58.3 Å². The Morgan fingerprint density at radius 3 is 2.46 bits per heavy atom. The number of rotatable bonds is 18. The molecule has 2 aliphatic rings. The third-order valence-electron chi connectivity index (χ3n) is 7.79. The molecule has 2 unspecified atom stereocenters. The number of unbranched alkanes of at least 4 members (excludes halogenated alkanes) is 1. The molecular formula is C32H52NO13PS. The van der Waals surface area contributed by atoms with E-state index in [4.69, 9.17) is 44.5 Å². The summed E-state index contributed by atoms with van der Waals surface area (Å²) in [5.41, 5.74) is 0.0807. The number of carbonyl (C=O) groups excluding carboxylic acids is 2. The SMILES string of the molecule is C[C@H]1[C@H](OCCCCC(=O)NCCC[C@H]2CC(OP(O)(=S)OC(C)(C)C)[C@@H](COC(=O)OCc3ccccc3)O2)O[C@H](CO)[C@H](O)[C@@H]1O. The summed E-state index contributed by atoms with van der Waals surface area (Å²) < 4.78 is 39.3. The van der Waals surface area contributed by atoms with Crippen LogP contribution in [0.15, 0.2) is 30.3 Å². The number of nitrogens with one attached hydrogen (secondary N) is 1. The maximum Gasteiger partial charge on any atom is 0.508 e. The number of ether oxygens (including phenoxy) is 5. The van der Waals surface area contributed by atoms with Crippen molar-refractivity contribution in [1.82, 2.24) is 5.32 Å². The molecule has 2 heterocycles.